The lowest BCUT2D eigenvalue weighted by atomic mass is 10.1. The number of rotatable bonds is 8. The Bertz CT molecular complexity index is 1370. The summed E-state index contributed by atoms with van der Waals surface area (Å²) in [7, 11) is 1.61. The summed E-state index contributed by atoms with van der Waals surface area (Å²) in [4.78, 5) is 12.1. The van der Waals surface area contributed by atoms with Crippen LogP contribution in [0.4, 0.5) is 15.9 Å². The van der Waals surface area contributed by atoms with Crippen molar-refractivity contribution in [1.82, 2.24) is 15.1 Å². The molecule has 4 aromatic rings. The summed E-state index contributed by atoms with van der Waals surface area (Å²) < 4.78 is 21.6. The predicted octanol–water partition coefficient (Wildman–Crippen LogP) is 4.64. The van der Waals surface area contributed by atoms with E-state index in [0.29, 0.717) is 35.9 Å². The predicted molar refractivity (Wildman–Crippen MR) is 136 cm³/mol. The summed E-state index contributed by atoms with van der Waals surface area (Å²) in [5.41, 5.74) is 8.97. The summed E-state index contributed by atoms with van der Waals surface area (Å²) in [6.07, 6.45) is 0. The Morgan fingerprint density at radius 2 is 1.86 bits per heavy atom. The molecule has 4 rings (SSSR count). The first-order valence-corrected chi connectivity index (χ1v) is 11.4. The van der Waals surface area contributed by atoms with Crippen molar-refractivity contribution < 1.29 is 13.9 Å². The first-order valence-electron chi connectivity index (χ1n) is 11.4. The van der Waals surface area contributed by atoms with Crippen LogP contribution >= 0.6 is 0 Å². The SMILES string of the molecule is COc1cccc2c1c(Nc1ccc(C)c(F)c1)nn2Cc1cccc(CNC(=O)C(C)(C)N)c1. The number of fused-ring (bicyclic) bond motifs is 1. The van der Waals surface area contributed by atoms with Gasteiger partial charge in [0.1, 0.15) is 11.6 Å². The minimum Gasteiger partial charge on any atom is -0.496 e. The highest BCUT2D eigenvalue weighted by molar-refractivity contribution is 5.97. The molecule has 1 heterocycles. The second-order valence-corrected chi connectivity index (χ2v) is 9.17. The van der Waals surface area contributed by atoms with Crippen molar-refractivity contribution in [3.05, 3.63) is 83.2 Å². The molecule has 4 N–H and O–H groups in total. The molecule has 0 aliphatic rings. The minimum atomic E-state index is -0.936. The van der Waals surface area contributed by atoms with E-state index in [1.807, 2.05) is 53.2 Å². The van der Waals surface area contributed by atoms with E-state index in [1.165, 1.54) is 6.07 Å². The van der Waals surface area contributed by atoms with E-state index >= 15 is 0 Å². The number of nitrogens with zero attached hydrogens (tertiary/aromatic N) is 2. The molecule has 0 fully saturated rings. The molecular formula is C27H30FN5O2. The maximum absolute atomic E-state index is 14.1. The van der Waals surface area contributed by atoms with E-state index in [0.717, 1.165) is 22.0 Å². The average Bonchev–Trinajstić information content (AvgIpc) is 3.16. The maximum atomic E-state index is 14.1. The third kappa shape index (κ3) is 5.44. The number of methoxy groups -OCH3 is 1. The van der Waals surface area contributed by atoms with E-state index < -0.39 is 5.54 Å². The molecule has 0 radical (unpaired) electrons. The number of halogens is 1. The zero-order chi connectivity index (χ0) is 25.2. The van der Waals surface area contributed by atoms with Crippen molar-refractivity contribution in [3.8, 4) is 5.75 Å². The van der Waals surface area contributed by atoms with E-state index in [9.17, 15) is 9.18 Å². The van der Waals surface area contributed by atoms with Gasteiger partial charge in [0.2, 0.25) is 5.91 Å². The third-order valence-electron chi connectivity index (χ3n) is 5.76. The monoisotopic (exact) mass is 475 g/mol. The summed E-state index contributed by atoms with van der Waals surface area (Å²) >= 11 is 0. The van der Waals surface area contributed by atoms with Gasteiger partial charge in [-0.05, 0) is 61.7 Å². The van der Waals surface area contributed by atoms with Gasteiger partial charge in [-0.2, -0.15) is 5.10 Å². The smallest absolute Gasteiger partial charge is 0.239 e. The van der Waals surface area contributed by atoms with E-state index in [-0.39, 0.29) is 11.7 Å². The van der Waals surface area contributed by atoms with Gasteiger partial charge in [-0.15, -0.1) is 0 Å². The molecular weight excluding hydrogens is 445 g/mol. The van der Waals surface area contributed by atoms with Crippen molar-refractivity contribution in [3.63, 3.8) is 0 Å². The van der Waals surface area contributed by atoms with Crippen molar-refractivity contribution in [2.24, 2.45) is 5.73 Å². The topological polar surface area (TPSA) is 94.2 Å². The zero-order valence-corrected chi connectivity index (χ0v) is 20.4. The van der Waals surface area contributed by atoms with Crippen LogP contribution in [0.1, 0.15) is 30.5 Å². The van der Waals surface area contributed by atoms with Gasteiger partial charge < -0.3 is 21.1 Å². The Labute approximate surface area is 204 Å². The van der Waals surface area contributed by atoms with Gasteiger partial charge in [-0.25, -0.2) is 4.39 Å². The Morgan fingerprint density at radius 3 is 2.57 bits per heavy atom. The highest BCUT2D eigenvalue weighted by Crippen LogP contribution is 2.34. The molecule has 8 heteroatoms. The highest BCUT2D eigenvalue weighted by atomic mass is 19.1. The molecule has 0 bridgehead atoms. The number of aryl methyl sites for hydroxylation is 1. The summed E-state index contributed by atoms with van der Waals surface area (Å²) in [6, 6.07) is 18.7. The Morgan fingerprint density at radius 1 is 1.11 bits per heavy atom. The van der Waals surface area contributed by atoms with Crippen LogP contribution in [0.15, 0.2) is 60.7 Å². The minimum absolute atomic E-state index is 0.212. The second-order valence-electron chi connectivity index (χ2n) is 9.17. The van der Waals surface area contributed by atoms with Gasteiger partial charge in [0.25, 0.3) is 0 Å². The summed E-state index contributed by atoms with van der Waals surface area (Å²) in [5, 5.41) is 11.7. The second kappa shape index (κ2) is 9.76. The normalized spacial score (nSPS) is 11.5. The molecule has 0 saturated carbocycles. The lowest BCUT2D eigenvalue weighted by molar-refractivity contribution is -0.125. The molecule has 1 aromatic heterocycles. The molecule has 0 aliphatic carbocycles. The van der Waals surface area contributed by atoms with Crippen LogP contribution in [-0.2, 0) is 17.9 Å². The number of anilines is 2. The van der Waals surface area contributed by atoms with Crippen LogP contribution in [0.3, 0.4) is 0 Å². The molecule has 3 aromatic carbocycles. The zero-order valence-electron chi connectivity index (χ0n) is 20.4. The number of benzene rings is 3. The largest absolute Gasteiger partial charge is 0.496 e. The Balaban J connectivity index is 1.64. The number of carbonyl (C=O) groups excluding carboxylic acids is 1. The molecule has 7 nitrogen and oxygen atoms in total. The fourth-order valence-electron chi connectivity index (χ4n) is 3.80. The molecule has 1 amide bonds. The van der Waals surface area contributed by atoms with Crippen LogP contribution in [-0.4, -0.2) is 28.3 Å². The number of carbonyl (C=O) groups is 1. The lowest BCUT2D eigenvalue weighted by Crippen LogP contribution is -2.48. The number of amides is 1. The molecule has 0 unspecified atom stereocenters. The van der Waals surface area contributed by atoms with Gasteiger partial charge in [-0.1, -0.05) is 36.4 Å². The first kappa shape index (κ1) is 24.2. The van der Waals surface area contributed by atoms with Gasteiger partial charge in [0, 0.05) is 12.2 Å². The number of nitrogens with one attached hydrogen (secondary N) is 2. The molecule has 0 saturated heterocycles. The number of aromatic nitrogens is 2. The highest BCUT2D eigenvalue weighted by Gasteiger charge is 2.21. The number of ether oxygens (including phenoxy) is 1. The van der Waals surface area contributed by atoms with Crippen LogP contribution in [0, 0.1) is 12.7 Å². The van der Waals surface area contributed by atoms with E-state index in [4.69, 9.17) is 15.6 Å². The summed E-state index contributed by atoms with van der Waals surface area (Å²) in [5.74, 6) is 0.753. The van der Waals surface area contributed by atoms with Gasteiger partial charge in [-0.3, -0.25) is 9.48 Å². The van der Waals surface area contributed by atoms with E-state index in [2.05, 4.69) is 10.6 Å². The number of nitrogens with two attached hydrogens (primary N) is 1. The van der Waals surface area contributed by atoms with Gasteiger partial charge in [0.15, 0.2) is 5.82 Å². The van der Waals surface area contributed by atoms with Crippen molar-refractivity contribution in [2.45, 2.75) is 39.4 Å². The van der Waals surface area contributed by atoms with Crippen molar-refractivity contribution in [2.75, 3.05) is 12.4 Å². The standard InChI is InChI=1S/C27H30FN5O2/c1-17-11-12-20(14-21(17)28)31-25-24-22(9-6-10-23(24)35-4)33(32-25)16-19-8-5-7-18(13-19)15-30-26(34)27(2,3)29/h5-14H,15-16,29H2,1-4H3,(H,30,34)(H,31,32). The van der Waals surface area contributed by atoms with E-state index in [1.54, 1.807) is 33.9 Å². The van der Waals surface area contributed by atoms with Crippen molar-refractivity contribution in [1.29, 1.82) is 0 Å². The fraction of sp³-hybridized carbons (Fsp3) is 0.259. The van der Waals surface area contributed by atoms with Crippen LogP contribution < -0.4 is 21.1 Å². The Kier molecular flexibility index (Phi) is 6.75. The first-order chi connectivity index (χ1) is 16.7. The molecule has 0 spiro atoms. The maximum Gasteiger partial charge on any atom is 0.239 e. The third-order valence-corrected chi connectivity index (χ3v) is 5.76. The van der Waals surface area contributed by atoms with Crippen LogP contribution in [0.2, 0.25) is 0 Å². The van der Waals surface area contributed by atoms with Crippen LogP contribution in [0.5, 0.6) is 5.75 Å². The summed E-state index contributed by atoms with van der Waals surface area (Å²) in [6.45, 7) is 5.95. The fourth-order valence-corrected chi connectivity index (χ4v) is 3.80. The molecule has 182 valence electrons. The molecule has 35 heavy (non-hydrogen) atoms. The Hall–Kier alpha value is -3.91. The molecule has 0 atom stereocenters. The van der Waals surface area contributed by atoms with Crippen molar-refractivity contribution >= 4 is 28.3 Å². The lowest BCUT2D eigenvalue weighted by Gasteiger charge is -2.18. The van der Waals surface area contributed by atoms with Gasteiger partial charge in [0.05, 0.1) is 30.1 Å². The van der Waals surface area contributed by atoms with Crippen LogP contribution in [0.25, 0.3) is 10.9 Å². The van der Waals surface area contributed by atoms with Gasteiger partial charge >= 0.3 is 0 Å². The molecule has 0 aliphatic heterocycles. The number of hydrogen-bond donors (Lipinski definition) is 3. The average molecular weight is 476 g/mol. The number of hydrogen-bond acceptors (Lipinski definition) is 5. The quantitative estimate of drug-likeness (QED) is 0.345.